The second-order valence-corrected chi connectivity index (χ2v) is 6.14. The number of halogens is 1. The molecular weight excluding hydrogens is 464 g/mol. The number of carbonyl (C=O) groups excluding carboxylic acids is 1. The van der Waals surface area contributed by atoms with Gasteiger partial charge < -0.3 is 26.8 Å². The van der Waals surface area contributed by atoms with E-state index in [1.165, 1.54) is 6.08 Å². The lowest BCUT2D eigenvalue weighted by Gasteiger charge is -2.02. The molecule has 152 valence electrons. The van der Waals surface area contributed by atoms with Gasteiger partial charge in [-0.3, -0.25) is 4.79 Å². The number of carbonyl (C=O) groups is 1. The molecule has 0 saturated heterocycles. The van der Waals surface area contributed by atoms with E-state index in [9.17, 15) is 9.90 Å². The standard InChI is InChI=1S/C17H16O2.2CH3NOS.BrH/c1-12-6-8-14(9-7-12)16(18)11-17(19)15-5-3-4-13(2)10-15;2*2-1(3)4;/h3-11,18H,1-2H3;2*(H3,2,3,4);1H. The number of benzene rings is 2. The molecule has 2 aromatic carbocycles. The fourth-order valence-electron chi connectivity index (χ4n) is 1.81. The van der Waals surface area contributed by atoms with Crippen LogP contribution in [0.5, 0.6) is 0 Å². The summed E-state index contributed by atoms with van der Waals surface area (Å²) in [7, 11) is 0. The monoisotopic (exact) mass is 486 g/mol. The van der Waals surface area contributed by atoms with Crippen LogP contribution in [0.4, 0.5) is 0 Å². The molecule has 2 rings (SSSR count). The quantitative estimate of drug-likeness (QED) is 0.188. The molecule has 0 bridgehead atoms. The number of ketones is 1. The molecule has 0 aliphatic rings. The SMILES string of the molecule is Br.Cc1ccc(C(O)=CC(=O)c2cccc(C)c2)cc1.NC(O)=S.NC(O)=S. The summed E-state index contributed by atoms with van der Waals surface area (Å²) in [5, 5.41) is 24.1. The minimum absolute atomic E-state index is 0. The Morgan fingerprint density at radius 2 is 1.32 bits per heavy atom. The number of aliphatic hydroxyl groups excluding tert-OH is 3. The Bertz CT molecular complexity index is 805. The number of thiocarbonyl (C=S) groups is 2. The molecule has 0 spiro atoms. The normalized spacial score (nSPS) is 9.43. The van der Waals surface area contributed by atoms with Crippen molar-refractivity contribution in [1.29, 1.82) is 0 Å². The third-order valence-corrected chi connectivity index (χ3v) is 2.92. The molecule has 9 heteroatoms. The average molecular weight is 487 g/mol. The van der Waals surface area contributed by atoms with Crippen molar-refractivity contribution in [3.63, 3.8) is 0 Å². The molecule has 28 heavy (non-hydrogen) atoms. The molecule has 7 N–H and O–H groups in total. The average Bonchev–Trinajstić information content (AvgIpc) is 2.54. The number of rotatable bonds is 3. The Morgan fingerprint density at radius 3 is 1.75 bits per heavy atom. The Hall–Kier alpha value is -2.49. The molecule has 0 fully saturated rings. The summed E-state index contributed by atoms with van der Waals surface area (Å²) in [5.41, 5.74) is 12.2. The van der Waals surface area contributed by atoms with Crippen molar-refractivity contribution in [2.45, 2.75) is 13.8 Å². The summed E-state index contributed by atoms with van der Waals surface area (Å²) in [6.07, 6.45) is 1.26. The van der Waals surface area contributed by atoms with Crippen molar-refractivity contribution in [2.24, 2.45) is 11.5 Å². The molecule has 0 radical (unpaired) electrons. The van der Waals surface area contributed by atoms with E-state index in [2.05, 4.69) is 35.9 Å². The lowest BCUT2D eigenvalue weighted by molar-refractivity contribution is 0.104. The highest BCUT2D eigenvalue weighted by atomic mass is 79.9. The molecule has 2 aromatic rings. The largest absolute Gasteiger partial charge is 0.507 e. The first-order chi connectivity index (χ1) is 12.5. The summed E-state index contributed by atoms with van der Waals surface area (Å²) >= 11 is 7.74. The number of aryl methyl sites for hydroxylation is 2. The maximum atomic E-state index is 12.0. The third kappa shape index (κ3) is 13.7. The van der Waals surface area contributed by atoms with Crippen LogP contribution in [0.25, 0.3) is 5.76 Å². The number of hydrogen-bond donors (Lipinski definition) is 5. The molecule has 0 aliphatic heterocycles. The van der Waals surface area contributed by atoms with Crippen molar-refractivity contribution < 1.29 is 20.1 Å². The summed E-state index contributed by atoms with van der Waals surface area (Å²) in [6.45, 7) is 3.91. The zero-order valence-corrected chi connectivity index (χ0v) is 18.7. The number of aliphatic hydroxyl groups is 3. The summed E-state index contributed by atoms with van der Waals surface area (Å²) in [5.74, 6) is -0.201. The molecule has 0 saturated carbocycles. The molecule has 0 aromatic heterocycles. The van der Waals surface area contributed by atoms with Crippen molar-refractivity contribution >= 4 is 63.3 Å². The van der Waals surface area contributed by atoms with Crippen LogP contribution in [0.2, 0.25) is 0 Å². The summed E-state index contributed by atoms with van der Waals surface area (Å²) < 4.78 is 0. The van der Waals surface area contributed by atoms with Crippen LogP contribution in [0.3, 0.4) is 0 Å². The molecule has 0 heterocycles. The van der Waals surface area contributed by atoms with Crippen LogP contribution in [0.15, 0.2) is 54.6 Å². The molecule has 0 amide bonds. The van der Waals surface area contributed by atoms with E-state index in [4.69, 9.17) is 10.2 Å². The van der Waals surface area contributed by atoms with Gasteiger partial charge in [-0.15, -0.1) is 17.0 Å². The molecular formula is C19H23BrN2O4S2. The number of allylic oxidation sites excluding steroid dienone is 1. The maximum Gasteiger partial charge on any atom is 0.251 e. The minimum atomic E-state index is -0.500. The van der Waals surface area contributed by atoms with Crippen molar-refractivity contribution in [1.82, 2.24) is 0 Å². The van der Waals surface area contributed by atoms with Crippen LogP contribution < -0.4 is 11.5 Å². The highest BCUT2D eigenvalue weighted by molar-refractivity contribution is 8.93. The lowest BCUT2D eigenvalue weighted by atomic mass is 10.1. The number of hydrogen-bond acceptors (Lipinski definition) is 4. The van der Waals surface area contributed by atoms with Gasteiger partial charge in [0.05, 0.1) is 0 Å². The highest BCUT2D eigenvalue weighted by Gasteiger charge is 2.06. The van der Waals surface area contributed by atoms with Gasteiger partial charge in [0.15, 0.2) is 5.78 Å². The molecule has 0 unspecified atom stereocenters. The zero-order chi connectivity index (χ0) is 21.0. The summed E-state index contributed by atoms with van der Waals surface area (Å²) in [4.78, 5) is 12.0. The zero-order valence-electron chi connectivity index (χ0n) is 15.3. The van der Waals surface area contributed by atoms with Gasteiger partial charge in [0.2, 0.25) is 0 Å². The van der Waals surface area contributed by atoms with Crippen LogP contribution in [-0.4, -0.2) is 31.5 Å². The molecule has 0 aliphatic carbocycles. The molecule has 6 nitrogen and oxygen atoms in total. The fourth-order valence-corrected chi connectivity index (χ4v) is 1.81. The van der Waals surface area contributed by atoms with Gasteiger partial charge in [0, 0.05) is 17.2 Å². The van der Waals surface area contributed by atoms with Gasteiger partial charge in [0.25, 0.3) is 10.3 Å². The van der Waals surface area contributed by atoms with Crippen molar-refractivity contribution in [3.05, 3.63) is 76.9 Å². The first-order valence-corrected chi connectivity index (χ1v) is 8.40. The Labute approximate surface area is 185 Å². The lowest BCUT2D eigenvalue weighted by Crippen LogP contribution is -2.03. The first kappa shape index (κ1) is 27.7. The topological polar surface area (TPSA) is 130 Å². The van der Waals surface area contributed by atoms with E-state index in [1.807, 2.05) is 38.1 Å². The van der Waals surface area contributed by atoms with Gasteiger partial charge in [-0.2, -0.15) is 0 Å². The Kier molecular flexibility index (Phi) is 14.4. The van der Waals surface area contributed by atoms with E-state index >= 15 is 0 Å². The Morgan fingerprint density at radius 1 is 0.857 bits per heavy atom. The maximum absolute atomic E-state index is 12.0. The van der Waals surface area contributed by atoms with Gasteiger partial charge in [-0.25, -0.2) is 0 Å². The van der Waals surface area contributed by atoms with Crippen LogP contribution >= 0.6 is 41.4 Å². The van der Waals surface area contributed by atoms with E-state index < -0.39 is 10.3 Å². The Balaban J connectivity index is 0. The highest BCUT2D eigenvalue weighted by Crippen LogP contribution is 2.14. The summed E-state index contributed by atoms with van der Waals surface area (Å²) in [6, 6.07) is 14.7. The van der Waals surface area contributed by atoms with Gasteiger partial charge in [0.1, 0.15) is 5.76 Å². The second-order valence-electron chi connectivity index (χ2n) is 5.31. The van der Waals surface area contributed by atoms with Gasteiger partial charge in [-0.1, -0.05) is 53.6 Å². The predicted molar refractivity (Wildman–Crippen MR) is 126 cm³/mol. The number of nitrogens with two attached hydrogens (primary N) is 2. The van der Waals surface area contributed by atoms with Crippen LogP contribution in [-0.2, 0) is 0 Å². The second kappa shape index (κ2) is 14.6. The molecule has 0 atom stereocenters. The first-order valence-electron chi connectivity index (χ1n) is 7.58. The third-order valence-electron chi connectivity index (χ3n) is 2.92. The van der Waals surface area contributed by atoms with E-state index in [0.717, 1.165) is 11.1 Å². The van der Waals surface area contributed by atoms with Crippen molar-refractivity contribution in [3.8, 4) is 0 Å². The van der Waals surface area contributed by atoms with E-state index in [-0.39, 0.29) is 28.5 Å². The minimum Gasteiger partial charge on any atom is -0.507 e. The van der Waals surface area contributed by atoms with E-state index in [0.29, 0.717) is 11.1 Å². The van der Waals surface area contributed by atoms with Crippen LogP contribution in [0.1, 0.15) is 27.0 Å². The van der Waals surface area contributed by atoms with Crippen LogP contribution in [0, 0.1) is 13.8 Å². The van der Waals surface area contributed by atoms with Gasteiger partial charge >= 0.3 is 0 Å². The smallest absolute Gasteiger partial charge is 0.251 e. The van der Waals surface area contributed by atoms with Crippen molar-refractivity contribution in [2.75, 3.05) is 0 Å². The van der Waals surface area contributed by atoms with Gasteiger partial charge in [-0.05, 0) is 44.3 Å². The fraction of sp³-hybridized carbons (Fsp3) is 0.105. The van der Waals surface area contributed by atoms with E-state index in [1.54, 1.807) is 24.3 Å². The predicted octanol–water partition coefficient (Wildman–Crippen LogP) is 4.24.